The summed E-state index contributed by atoms with van der Waals surface area (Å²) < 4.78 is 0. The van der Waals surface area contributed by atoms with Crippen LogP contribution in [0.25, 0.3) is 0 Å². The fraction of sp³-hybridized carbons (Fsp3) is 0.800. The molecule has 1 atom stereocenters. The molecule has 0 heterocycles. The summed E-state index contributed by atoms with van der Waals surface area (Å²) >= 11 is 4.30. The first-order valence-corrected chi connectivity index (χ1v) is 3.05. The van der Waals surface area contributed by atoms with Gasteiger partial charge in [-0.2, -0.15) is 0 Å². The van der Waals surface area contributed by atoms with Crippen LogP contribution in [0.2, 0.25) is 0 Å². The van der Waals surface area contributed by atoms with Crippen LogP contribution in [0.3, 0.4) is 0 Å². The predicted molar refractivity (Wildman–Crippen MR) is 35.5 cm³/mol. The summed E-state index contributed by atoms with van der Waals surface area (Å²) in [6.45, 7) is 1.97. The predicted octanol–water partition coefficient (Wildman–Crippen LogP) is -3.19. The van der Waals surface area contributed by atoms with Gasteiger partial charge < -0.3 is 10.8 Å². The topological polar surface area (TPSA) is 49.1 Å². The monoisotopic (exact) mass is 155 g/mol. The van der Waals surface area contributed by atoms with Gasteiger partial charge in [-0.05, 0) is 11.5 Å². The van der Waals surface area contributed by atoms with Crippen molar-refractivity contribution < 1.29 is 34.7 Å². The van der Waals surface area contributed by atoms with Gasteiger partial charge >= 0.3 is 29.6 Å². The minimum atomic E-state index is -0.407. The Labute approximate surface area is 83.1 Å². The van der Waals surface area contributed by atoms with Crippen molar-refractivity contribution in [1.82, 2.24) is 0 Å². The Morgan fingerprint density at radius 3 is 2.33 bits per heavy atom. The van der Waals surface area contributed by atoms with Crippen molar-refractivity contribution >= 4 is 17.3 Å². The van der Waals surface area contributed by atoms with Gasteiger partial charge in [-0.25, -0.2) is 0 Å². The molecule has 48 valence electrons. The van der Waals surface area contributed by atoms with Crippen molar-refractivity contribution in [3.05, 3.63) is 0 Å². The van der Waals surface area contributed by atoms with Crippen LogP contribution in [-0.2, 0) is 0 Å². The Hall–Kier alpha value is 0.850. The van der Waals surface area contributed by atoms with Gasteiger partial charge in [-0.3, -0.25) is 0 Å². The average molecular weight is 155 g/mol. The van der Waals surface area contributed by atoms with Gasteiger partial charge in [0.15, 0.2) is 0 Å². The summed E-state index contributed by atoms with van der Waals surface area (Å²) in [7, 11) is 0. The Bertz CT molecular complexity index is 89.0. The molecule has 0 fully saturated rings. The van der Waals surface area contributed by atoms with E-state index in [0.717, 1.165) is 6.42 Å². The Kier molecular flexibility index (Phi) is 9.69. The molecule has 0 aromatic carbocycles. The van der Waals surface area contributed by atoms with Crippen LogP contribution in [0.15, 0.2) is 0 Å². The van der Waals surface area contributed by atoms with Crippen LogP contribution in [0.1, 0.15) is 19.8 Å². The van der Waals surface area contributed by atoms with Gasteiger partial charge in [0.2, 0.25) is 0 Å². The summed E-state index contributed by atoms with van der Waals surface area (Å²) in [6.07, 6.45) is 1.63. The molecule has 0 radical (unpaired) electrons. The van der Waals surface area contributed by atoms with E-state index in [2.05, 4.69) is 12.2 Å². The van der Waals surface area contributed by atoms with Crippen LogP contribution >= 0.6 is 12.2 Å². The zero-order chi connectivity index (χ0) is 6.57. The van der Waals surface area contributed by atoms with Crippen LogP contribution < -0.4 is 40.4 Å². The van der Waals surface area contributed by atoms with Gasteiger partial charge in [-0.1, -0.05) is 13.3 Å². The maximum Gasteiger partial charge on any atom is 1.00 e. The molecule has 0 aromatic rings. The molecule has 0 amide bonds. The molecule has 0 saturated carbocycles. The maximum absolute atomic E-state index is 10.2. The third kappa shape index (κ3) is 6.74. The van der Waals surface area contributed by atoms with E-state index < -0.39 is 6.04 Å². The van der Waals surface area contributed by atoms with Gasteiger partial charge in [0.25, 0.3) is 0 Å². The first-order valence-electron chi connectivity index (χ1n) is 2.65. The molecule has 0 aliphatic heterocycles. The fourth-order valence-electron chi connectivity index (χ4n) is 0.429. The Morgan fingerprint density at radius 1 is 1.78 bits per heavy atom. The first-order chi connectivity index (χ1) is 3.68. The molecule has 9 heavy (non-hydrogen) atoms. The van der Waals surface area contributed by atoms with Crippen LogP contribution in [-0.4, -0.2) is 11.1 Å². The maximum atomic E-state index is 10.2. The largest absolute Gasteiger partial charge is 1.00 e. The normalized spacial score (nSPS) is 11.8. The summed E-state index contributed by atoms with van der Waals surface area (Å²) in [6, 6.07) is -0.407. The quantitative estimate of drug-likeness (QED) is 0.345. The second kappa shape index (κ2) is 6.96. The third-order valence-electron chi connectivity index (χ3n) is 0.902. The van der Waals surface area contributed by atoms with Crippen molar-refractivity contribution in [3.8, 4) is 0 Å². The zero-order valence-corrected chi connectivity index (χ0v) is 8.70. The van der Waals surface area contributed by atoms with Gasteiger partial charge in [-0.15, -0.1) is 12.2 Å². The first kappa shape index (κ1) is 12.5. The fourth-order valence-corrected chi connectivity index (χ4v) is 0.547. The Balaban J connectivity index is 0. The second-order valence-electron chi connectivity index (χ2n) is 1.71. The van der Waals surface area contributed by atoms with E-state index in [1.54, 1.807) is 0 Å². The van der Waals surface area contributed by atoms with E-state index in [1.165, 1.54) is 0 Å². The van der Waals surface area contributed by atoms with E-state index in [4.69, 9.17) is 5.73 Å². The molecule has 0 aliphatic carbocycles. The van der Waals surface area contributed by atoms with E-state index in [9.17, 15) is 5.11 Å². The molecule has 2 N–H and O–H groups in total. The van der Waals surface area contributed by atoms with Crippen molar-refractivity contribution in [3.63, 3.8) is 0 Å². The second-order valence-corrected chi connectivity index (χ2v) is 2.12. The number of rotatable bonds is 3. The number of thiocarbonyl (C=S) groups is 1. The molecule has 1 unspecified atom stereocenters. The van der Waals surface area contributed by atoms with Crippen LogP contribution in [0, 0.1) is 0 Å². The van der Waals surface area contributed by atoms with Crippen molar-refractivity contribution in [2.75, 3.05) is 0 Å². The van der Waals surface area contributed by atoms with Crippen molar-refractivity contribution in [1.29, 1.82) is 0 Å². The molecule has 0 spiro atoms. The van der Waals surface area contributed by atoms with E-state index in [1.807, 2.05) is 6.92 Å². The van der Waals surface area contributed by atoms with Gasteiger partial charge in [0, 0.05) is 6.04 Å². The summed E-state index contributed by atoms with van der Waals surface area (Å²) in [4.78, 5) is 0. The summed E-state index contributed by atoms with van der Waals surface area (Å²) in [5.74, 6) is 0. The standard InChI is InChI=1S/C5H11NOS.Na/c1-2-3-4(6)5(7)8;/h4H,2-3,6H2,1H3,(H,7,8);/q;+1/p-1. The van der Waals surface area contributed by atoms with Crippen LogP contribution in [0.4, 0.5) is 0 Å². The molecular weight excluding hydrogens is 145 g/mol. The third-order valence-corrected chi connectivity index (χ3v) is 1.21. The summed E-state index contributed by atoms with van der Waals surface area (Å²) in [5.41, 5.74) is 5.27. The van der Waals surface area contributed by atoms with E-state index in [0.29, 0.717) is 6.42 Å². The van der Waals surface area contributed by atoms with Crippen LogP contribution in [0.5, 0.6) is 0 Å². The Morgan fingerprint density at radius 2 is 2.22 bits per heavy atom. The molecule has 0 rings (SSSR count). The summed E-state index contributed by atoms with van der Waals surface area (Å²) in [5, 5.41) is 9.90. The molecule has 0 aromatic heterocycles. The molecule has 4 heteroatoms. The molecule has 0 bridgehead atoms. The minimum absolute atomic E-state index is 0. The van der Waals surface area contributed by atoms with Gasteiger partial charge in [0.05, 0.1) is 0 Å². The van der Waals surface area contributed by atoms with E-state index in [-0.39, 0.29) is 34.6 Å². The minimum Gasteiger partial charge on any atom is -0.866 e. The zero-order valence-electron chi connectivity index (χ0n) is 5.89. The van der Waals surface area contributed by atoms with Gasteiger partial charge in [0.1, 0.15) is 0 Å². The van der Waals surface area contributed by atoms with Crippen molar-refractivity contribution in [2.45, 2.75) is 25.8 Å². The SMILES string of the molecule is CCCC(N)C([O-])=S.[Na+]. The number of hydrogen-bond donors (Lipinski definition) is 1. The molecule has 0 saturated heterocycles. The molecular formula is C5H10NNaOS. The van der Waals surface area contributed by atoms with Crippen molar-refractivity contribution in [2.24, 2.45) is 5.73 Å². The number of hydrogen-bond acceptors (Lipinski definition) is 3. The smallest absolute Gasteiger partial charge is 0.866 e. The van der Waals surface area contributed by atoms with E-state index >= 15 is 0 Å². The molecule has 2 nitrogen and oxygen atoms in total. The number of nitrogens with two attached hydrogens (primary N) is 1. The molecule has 0 aliphatic rings. The average Bonchev–Trinajstić information content (AvgIpc) is 1.67.